The second-order valence-corrected chi connectivity index (χ2v) is 7.02. The van der Waals surface area contributed by atoms with Crippen LogP contribution in [0.5, 0.6) is 17.2 Å². The van der Waals surface area contributed by atoms with Crippen LogP contribution >= 0.6 is 0 Å². The smallest absolute Gasteiger partial charge is 0.387 e. The highest BCUT2D eigenvalue weighted by molar-refractivity contribution is 5.94. The van der Waals surface area contributed by atoms with Crippen molar-refractivity contribution in [2.75, 3.05) is 13.7 Å². The van der Waals surface area contributed by atoms with Gasteiger partial charge < -0.3 is 23.7 Å². The molecule has 170 valence electrons. The molecule has 9 heteroatoms. The summed E-state index contributed by atoms with van der Waals surface area (Å²) in [6, 6.07) is 11.5. The van der Waals surface area contributed by atoms with E-state index in [4.69, 9.17) is 9.47 Å². The van der Waals surface area contributed by atoms with Crippen molar-refractivity contribution in [3.63, 3.8) is 0 Å². The molecule has 0 atom stereocenters. The van der Waals surface area contributed by atoms with Gasteiger partial charge in [-0.25, -0.2) is 4.98 Å². The number of aromatic nitrogens is 2. The predicted octanol–water partition coefficient (Wildman–Crippen LogP) is 4.27. The molecule has 0 bridgehead atoms. The highest BCUT2D eigenvalue weighted by atomic mass is 19.3. The van der Waals surface area contributed by atoms with Crippen molar-refractivity contribution in [1.82, 2.24) is 14.5 Å². The molecule has 0 N–H and O–H groups in total. The molecule has 0 fully saturated rings. The Morgan fingerprint density at radius 2 is 1.88 bits per heavy atom. The number of amides is 1. The van der Waals surface area contributed by atoms with E-state index in [2.05, 4.69) is 9.72 Å². The summed E-state index contributed by atoms with van der Waals surface area (Å²) in [6.07, 6.45) is 3.54. The average molecular weight is 445 g/mol. The van der Waals surface area contributed by atoms with E-state index in [0.717, 1.165) is 11.4 Å². The lowest BCUT2D eigenvalue weighted by molar-refractivity contribution is -0.0514. The average Bonchev–Trinajstić information content (AvgIpc) is 3.18. The van der Waals surface area contributed by atoms with Crippen molar-refractivity contribution in [2.45, 2.75) is 26.7 Å². The van der Waals surface area contributed by atoms with Crippen molar-refractivity contribution in [3.05, 3.63) is 71.8 Å². The number of carbonyl (C=O) groups is 1. The molecular formula is C23H25F2N3O4. The summed E-state index contributed by atoms with van der Waals surface area (Å²) in [5.74, 6) is 1.40. The van der Waals surface area contributed by atoms with Crippen molar-refractivity contribution in [1.29, 1.82) is 0 Å². The molecule has 3 aromatic rings. The number of hydrogen-bond acceptors (Lipinski definition) is 5. The third-order valence-electron chi connectivity index (χ3n) is 4.68. The Hall–Kier alpha value is -3.62. The van der Waals surface area contributed by atoms with Gasteiger partial charge in [0.15, 0.2) is 11.5 Å². The molecular weight excluding hydrogens is 420 g/mol. The molecule has 0 spiro atoms. The highest BCUT2D eigenvalue weighted by Crippen LogP contribution is 2.30. The number of alkyl halides is 2. The first-order valence-electron chi connectivity index (χ1n) is 10.0. The molecule has 0 radical (unpaired) electrons. The maximum absolute atomic E-state index is 12.8. The molecule has 0 aliphatic carbocycles. The molecule has 1 aromatic heterocycles. The van der Waals surface area contributed by atoms with Crippen LogP contribution in [0.15, 0.2) is 54.9 Å². The van der Waals surface area contributed by atoms with Gasteiger partial charge in [0.1, 0.15) is 18.2 Å². The first kappa shape index (κ1) is 23.1. The van der Waals surface area contributed by atoms with E-state index < -0.39 is 6.61 Å². The monoisotopic (exact) mass is 445 g/mol. The fourth-order valence-electron chi connectivity index (χ4n) is 3.06. The second kappa shape index (κ2) is 10.6. The number of imidazole rings is 1. The van der Waals surface area contributed by atoms with Crippen LogP contribution in [0, 0.1) is 0 Å². The Morgan fingerprint density at radius 1 is 1.12 bits per heavy atom. The van der Waals surface area contributed by atoms with Gasteiger partial charge in [-0.2, -0.15) is 8.78 Å². The molecule has 2 aromatic carbocycles. The Bertz CT molecular complexity index is 1040. The number of hydrogen-bond donors (Lipinski definition) is 0. The molecule has 1 amide bonds. The summed E-state index contributed by atoms with van der Waals surface area (Å²) in [5.41, 5.74) is 1.22. The minimum Gasteiger partial charge on any atom is -0.490 e. The van der Waals surface area contributed by atoms with Crippen LogP contribution < -0.4 is 14.2 Å². The normalized spacial score (nSPS) is 10.8. The van der Waals surface area contributed by atoms with Gasteiger partial charge in [-0.15, -0.1) is 0 Å². The van der Waals surface area contributed by atoms with Gasteiger partial charge >= 0.3 is 6.61 Å². The van der Waals surface area contributed by atoms with Crippen molar-refractivity contribution in [3.8, 4) is 17.2 Å². The largest absolute Gasteiger partial charge is 0.490 e. The van der Waals surface area contributed by atoms with E-state index in [-0.39, 0.29) is 24.0 Å². The fraction of sp³-hybridized carbons (Fsp3) is 0.304. The van der Waals surface area contributed by atoms with Gasteiger partial charge in [0.25, 0.3) is 5.91 Å². The van der Waals surface area contributed by atoms with Gasteiger partial charge in [-0.05, 0) is 48.9 Å². The molecule has 7 nitrogen and oxygen atoms in total. The van der Waals surface area contributed by atoms with E-state index >= 15 is 0 Å². The number of rotatable bonds is 10. The minimum absolute atomic E-state index is 0.0410. The van der Waals surface area contributed by atoms with Crippen LogP contribution in [0.3, 0.4) is 0 Å². The lowest BCUT2D eigenvalue weighted by Crippen LogP contribution is -2.26. The topological polar surface area (TPSA) is 65.8 Å². The highest BCUT2D eigenvalue weighted by Gasteiger charge is 2.15. The maximum atomic E-state index is 12.8. The van der Waals surface area contributed by atoms with Crippen molar-refractivity contribution in [2.24, 2.45) is 7.05 Å². The van der Waals surface area contributed by atoms with Gasteiger partial charge in [0.2, 0.25) is 0 Å². The Morgan fingerprint density at radius 3 is 2.50 bits per heavy atom. The Balaban J connectivity index is 1.62. The first-order chi connectivity index (χ1) is 15.4. The lowest BCUT2D eigenvalue weighted by atomic mass is 10.1. The van der Waals surface area contributed by atoms with Crippen LogP contribution in [0.2, 0.25) is 0 Å². The van der Waals surface area contributed by atoms with E-state index in [1.54, 1.807) is 56.6 Å². The van der Waals surface area contributed by atoms with E-state index in [9.17, 15) is 13.6 Å². The molecule has 0 unspecified atom stereocenters. The van der Waals surface area contributed by atoms with Gasteiger partial charge in [-0.1, -0.05) is 6.07 Å². The van der Waals surface area contributed by atoms with E-state index in [1.807, 2.05) is 17.8 Å². The lowest BCUT2D eigenvalue weighted by Gasteiger charge is -2.19. The predicted molar refractivity (Wildman–Crippen MR) is 114 cm³/mol. The summed E-state index contributed by atoms with van der Waals surface area (Å²) in [4.78, 5) is 18.5. The molecule has 0 aliphatic heterocycles. The van der Waals surface area contributed by atoms with Crippen LogP contribution in [0.1, 0.15) is 28.7 Å². The molecule has 32 heavy (non-hydrogen) atoms. The quantitative estimate of drug-likeness (QED) is 0.466. The third kappa shape index (κ3) is 5.96. The Kier molecular flexibility index (Phi) is 7.64. The van der Waals surface area contributed by atoms with Gasteiger partial charge in [0.05, 0.1) is 6.61 Å². The summed E-state index contributed by atoms with van der Waals surface area (Å²) in [6.45, 7) is -0.306. The summed E-state index contributed by atoms with van der Waals surface area (Å²) >= 11 is 0. The first-order valence-corrected chi connectivity index (χ1v) is 10.0. The molecule has 3 rings (SSSR count). The number of halogens is 2. The summed E-state index contributed by atoms with van der Waals surface area (Å²) < 4.78 is 42.6. The van der Waals surface area contributed by atoms with Crippen molar-refractivity contribution >= 4 is 5.91 Å². The Labute approximate surface area is 185 Å². The summed E-state index contributed by atoms with van der Waals surface area (Å²) in [7, 11) is 3.55. The zero-order chi connectivity index (χ0) is 23.1. The van der Waals surface area contributed by atoms with E-state index in [1.165, 1.54) is 11.0 Å². The number of nitrogens with zero attached hydrogens (tertiary/aromatic N) is 3. The zero-order valence-electron chi connectivity index (χ0n) is 18.1. The van der Waals surface area contributed by atoms with E-state index in [0.29, 0.717) is 24.5 Å². The number of benzene rings is 2. The minimum atomic E-state index is -2.94. The third-order valence-corrected chi connectivity index (χ3v) is 4.68. The fourth-order valence-corrected chi connectivity index (χ4v) is 3.06. The van der Waals surface area contributed by atoms with Gasteiger partial charge in [-0.3, -0.25) is 4.79 Å². The number of aryl methyl sites for hydroxylation is 1. The standard InChI is InChI=1S/C23H25F2N3O4/c1-4-30-20-13-16(5-10-19(20)32-23(24)25)14-28(3)22(29)17-6-8-18(9-7-17)31-15-21-26-11-12-27(21)2/h5-13,23H,4,14-15H2,1-3H3. The maximum Gasteiger partial charge on any atom is 0.387 e. The van der Waals surface area contributed by atoms with Crippen LogP contribution in [0.4, 0.5) is 8.78 Å². The molecule has 1 heterocycles. The van der Waals surface area contributed by atoms with Crippen molar-refractivity contribution < 1.29 is 27.8 Å². The molecule has 0 aliphatic rings. The van der Waals surface area contributed by atoms with Crippen LogP contribution in [-0.2, 0) is 20.2 Å². The van der Waals surface area contributed by atoms with Crippen LogP contribution in [-0.4, -0.2) is 40.6 Å². The van der Waals surface area contributed by atoms with Crippen LogP contribution in [0.25, 0.3) is 0 Å². The molecule has 0 saturated heterocycles. The number of ether oxygens (including phenoxy) is 3. The molecule has 0 saturated carbocycles. The van der Waals surface area contributed by atoms with Gasteiger partial charge in [0, 0.05) is 38.6 Å². The second-order valence-electron chi connectivity index (χ2n) is 7.02. The summed E-state index contributed by atoms with van der Waals surface area (Å²) in [5, 5.41) is 0. The zero-order valence-corrected chi connectivity index (χ0v) is 18.1. The SMILES string of the molecule is CCOc1cc(CN(C)C(=O)c2ccc(OCc3nccn3C)cc2)ccc1OC(F)F. The number of carbonyl (C=O) groups excluding carboxylic acids is 1.